The number of thiophene rings is 2. The summed E-state index contributed by atoms with van der Waals surface area (Å²) in [6, 6.07) is 78.8. The molecule has 0 N–H and O–H groups in total. The van der Waals surface area contributed by atoms with Crippen LogP contribution in [0.3, 0.4) is 0 Å². The van der Waals surface area contributed by atoms with Crippen molar-refractivity contribution in [2.45, 2.75) is 0 Å². The van der Waals surface area contributed by atoms with E-state index in [1.54, 1.807) is 22.7 Å². The summed E-state index contributed by atoms with van der Waals surface area (Å²) in [5.74, 6) is 0. The second-order valence-electron chi connectivity index (χ2n) is 18.5. The molecule has 9 aromatic carbocycles. The van der Waals surface area contributed by atoms with Gasteiger partial charge in [-0.25, -0.2) is 9.97 Å². The van der Waals surface area contributed by atoms with E-state index in [1.807, 2.05) is 12.4 Å². The zero-order valence-corrected chi connectivity index (χ0v) is 39.5. The van der Waals surface area contributed by atoms with Crippen molar-refractivity contribution in [2.75, 3.05) is 0 Å². The standard InChI is InChI=1S/C64H37N5S2/c1-7-23-52-40(15-1)41-16-2-8-24-53(41)67(52)60-48(38-29-31-58-50(35-38)46-21-13-33-65-63(46)70-58)37-49(39-30-32-59-51(36-39)47-22-14-34-66-64(47)71-59)61(68-54-25-9-3-17-42(54)43-18-4-10-26-55(43)68)62(60)69-56-27-11-5-19-44(56)45-20-6-12-28-57(45)69/h1-37H. The van der Waals surface area contributed by atoms with E-state index in [2.05, 4.69) is 226 Å². The lowest BCUT2D eigenvalue weighted by Crippen LogP contribution is -2.12. The fraction of sp³-hybridized carbons (Fsp3) is 0. The van der Waals surface area contributed by atoms with E-state index in [1.165, 1.54) is 63.3 Å². The molecule has 0 aliphatic rings. The monoisotopic (exact) mass is 939 g/mol. The van der Waals surface area contributed by atoms with Crippen molar-refractivity contribution in [3.05, 3.63) is 225 Å². The van der Waals surface area contributed by atoms with Gasteiger partial charge in [0.2, 0.25) is 0 Å². The first-order valence-corrected chi connectivity index (χ1v) is 25.6. The van der Waals surface area contributed by atoms with Gasteiger partial charge in [0.05, 0.1) is 50.2 Å². The number of rotatable bonds is 5. The van der Waals surface area contributed by atoms with E-state index in [-0.39, 0.29) is 0 Å². The molecule has 0 radical (unpaired) electrons. The van der Waals surface area contributed by atoms with Gasteiger partial charge in [-0.2, -0.15) is 0 Å². The number of benzene rings is 9. The highest BCUT2D eigenvalue weighted by atomic mass is 32.1. The second kappa shape index (κ2) is 14.8. The van der Waals surface area contributed by atoms with Gasteiger partial charge in [-0.15, -0.1) is 22.7 Å². The van der Waals surface area contributed by atoms with Gasteiger partial charge in [-0.3, -0.25) is 0 Å². The Morgan fingerprint density at radius 2 is 0.577 bits per heavy atom. The smallest absolute Gasteiger partial charge is 0.124 e. The van der Waals surface area contributed by atoms with Crippen molar-refractivity contribution >= 4 is 129 Å². The Morgan fingerprint density at radius 3 is 0.930 bits per heavy atom. The Hall–Kier alpha value is -8.88. The van der Waals surface area contributed by atoms with Crippen LogP contribution in [-0.4, -0.2) is 23.7 Å². The van der Waals surface area contributed by atoms with Crippen LogP contribution in [0.25, 0.3) is 145 Å². The molecule has 0 bridgehead atoms. The number of nitrogens with zero attached hydrogens (tertiary/aromatic N) is 5. The average molecular weight is 940 g/mol. The normalized spacial score (nSPS) is 12.2. The lowest BCUT2D eigenvalue weighted by molar-refractivity contribution is 1.05. The minimum Gasteiger partial charge on any atom is -0.306 e. The summed E-state index contributed by atoms with van der Waals surface area (Å²) in [5.41, 5.74) is 14.6. The van der Waals surface area contributed by atoms with Crippen molar-refractivity contribution in [1.29, 1.82) is 0 Å². The molecule has 16 aromatic rings. The molecule has 0 amide bonds. The van der Waals surface area contributed by atoms with Gasteiger partial charge in [0.1, 0.15) is 9.66 Å². The van der Waals surface area contributed by atoms with E-state index in [9.17, 15) is 0 Å². The molecule has 7 heterocycles. The molecule has 0 atom stereocenters. The fourth-order valence-electron chi connectivity index (χ4n) is 11.8. The van der Waals surface area contributed by atoms with Crippen LogP contribution in [0.4, 0.5) is 0 Å². The maximum atomic E-state index is 4.84. The predicted octanol–water partition coefficient (Wildman–Crippen LogP) is 17.8. The highest BCUT2D eigenvalue weighted by Crippen LogP contribution is 2.51. The van der Waals surface area contributed by atoms with Gasteiger partial charge < -0.3 is 13.7 Å². The van der Waals surface area contributed by atoms with Gasteiger partial charge in [-0.1, -0.05) is 121 Å². The molecule has 0 aliphatic heterocycles. The maximum absolute atomic E-state index is 4.84. The summed E-state index contributed by atoms with van der Waals surface area (Å²) in [6.07, 6.45) is 3.81. The minimum atomic E-state index is 1.04. The molecule has 5 nitrogen and oxygen atoms in total. The second-order valence-corrected chi connectivity index (χ2v) is 20.5. The molecule has 71 heavy (non-hydrogen) atoms. The van der Waals surface area contributed by atoms with Gasteiger partial charge in [0.25, 0.3) is 0 Å². The SMILES string of the molecule is c1cnc2sc3ccc(-c4cc(-c5ccc6sc7ncccc7c6c5)c(-n5c6ccccc6c6ccccc65)c(-n5c6ccccc6c6ccccc65)c4-n4c5ccccc5c5ccccc54)cc3c2c1. The third-order valence-electron chi connectivity index (χ3n) is 14.8. The zero-order chi connectivity index (χ0) is 46.3. The van der Waals surface area contributed by atoms with Crippen LogP contribution in [0.1, 0.15) is 0 Å². The summed E-state index contributed by atoms with van der Waals surface area (Å²) in [5, 5.41) is 12.0. The van der Waals surface area contributed by atoms with Crippen molar-refractivity contribution < 1.29 is 0 Å². The van der Waals surface area contributed by atoms with Crippen LogP contribution in [-0.2, 0) is 0 Å². The number of para-hydroxylation sites is 6. The third kappa shape index (κ3) is 5.50. The lowest BCUT2D eigenvalue weighted by atomic mass is 9.91. The molecular formula is C64H37N5S2. The average Bonchev–Trinajstić information content (AvgIpc) is 4.24. The lowest BCUT2D eigenvalue weighted by Gasteiger charge is -2.28. The Kier molecular flexibility index (Phi) is 8.14. The summed E-state index contributed by atoms with van der Waals surface area (Å²) in [4.78, 5) is 11.8. The fourth-order valence-corrected chi connectivity index (χ4v) is 13.8. The molecule has 0 unspecified atom stereocenters. The summed E-state index contributed by atoms with van der Waals surface area (Å²) in [7, 11) is 0. The van der Waals surface area contributed by atoms with E-state index < -0.39 is 0 Å². The summed E-state index contributed by atoms with van der Waals surface area (Å²) in [6.45, 7) is 0. The van der Waals surface area contributed by atoms with E-state index in [0.717, 1.165) is 82.1 Å². The summed E-state index contributed by atoms with van der Waals surface area (Å²) < 4.78 is 10.2. The van der Waals surface area contributed by atoms with Crippen molar-refractivity contribution in [1.82, 2.24) is 23.7 Å². The number of hydrogen-bond donors (Lipinski definition) is 0. The van der Waals surface area contributed by atoms with E-state index in [4.69, 9.17) is 9.97 Å². The molecular weight excluding hydrogens is 903 g/mol. The highest BCUT2D eigenvalue weighted by molar-refractivity contribution is 7.25. The van der Waals surface area contributed by atoms with Crippen molar-refractivity contribution in [3.8, 4) is 39.3 Å². The third-order valence-corrected chi connectivity index (χ3v) is 17.0. The van der Waals surface area contributed by atoms with Gasteiger partial charge >= 0.3 is 0 Å². The molecule has 0 fully saturated rings. The zero-order valence-electron chi connectivity index (χ0n) is 37.9. The van der Waals surface area contributed by atoms with Crippen LogP contribution in [0.2, 0.25) is 0 Å². The van der Waals surface area contributed by atoms with Crippen LogP contribution in [0, 0.1) is 0 Å². The first kappa shape index (κ1) is 39.0. The molecule has 0 saturated carbocycles. The Balaban J connectivity index is 1.21. The van der Waals surface area contributed by atoms with Crippen LogP contribution < -0.4 is 0 Å². The summed E-state index contributed by atoms with van der Waals surface area (Å²) >= 11 is 3.51. The molecule has 0 saturated heterocycles. The van der Waals surface area contributed by atoms with Crippen LogP contribution in [0.5, 0.6) is 0 Å². The van der Waals surface area contributed by atoms with Gasteiger partial charge in [-0.05, 0) is 102 Å². The van der Waals surface area contributed by atoms with Crippen molar-refractivity contribution in [2.24, 2.45) is 0 Å². The topological polar surface area (TPSA) is 40.6 Å². The number of aromatic nitrogens is 5. The number of hydrogen-bond acceptors (Lipinski definition) is 4. The van der Waals surface area contributed by atoms with Crippen molar-refractivity contribution in [3.63, 3.8) is 0 Å². The van der Waals surface area contributed by atoms with E-state index in [0.29, 0.717) is 0 Å². The Morgan fingerprint density at radius 1 is 0.268 bits per heavy atom. The minimum absolute atomic E-state index is 1.04. The number of pyridine rings is 2. The highest BCUT2D eigenvalue weighted by Gasteiger charge is 2.31. The molecule has 16 rings (SSSR count). The first-order valence-electron chi connectivity index (χ1n) is 24.0. The molecule has 7 heteroatoms. The van der Waals surface area contributed by atoms with E-state index >= 15 is 0 Å². The molecule has 330 valence electrons. The first-order chi connectivity index (χ1) is 35.2. The van der Waals surface area contributed by atoms with Crippen LogP contribution >= 0.6 is 22.7 Å². The molecule has 7 aromatic heterocycles. The number of fused-ring (bicyclic) bond motifs is 15. The Bertz CT molecular complexity index is 4500. The predicted molar refractivity (Wildman–Crippen MR) is 302 cm³/mol. The Labute approximate surface area is 414 Å². The van der Waals surface area contributed by atoms with Gasteiger partial charge in [0.15, 0.2) is 0 Å². The van der Waals surface area contributed by atoms with Crippen LogP contribution in [0.15, 0.2) is 225 Å². The molecule has 0 aliphatic carbocycles. The largest absolute Gasteiger partial charge is 0.306 e. The molecule has 0 spiro atoms. The maximum Gasteiger partial charge on any atom is 0.124 e. The van der Waals surface area contributed by atoms with Gasteiger partial charge in [0, 0.05) is 86.8 Å². The quantitative estimate of drug-likeness (QED) is 0.172.